The third-order valence-corrected chi connectivity index (χ3v) is 4.30. The lowest BCUT2D eigenvalue weighted by molar-refractivity contribution is 0.394. The average molecular weight is 313 g/mol. The average Bonchev–Trinajstić information content (AvgIpc) is 2.15. The number of ether oxygens (including phenoxy) is 1. The Morgan fingerprint density at radius 3 is 2.67 bits per heavy atom. The Kier molecular flexibility index (Phi) is 4.67. The van der Waals surface area contributed by atoms with E-state index in [2.05, 4.69) is 15.9 Å². The van der Waals surface area contributed by atoms with Crippen LogP contribution in [0.1, 0.15) is 5.56 Å². The number of rotatable bonds is 4. The maximum atomic E-state index is 10.9. The van der Waals surface area contributed by atoms with Gasteiger partial charge < -0.3 is 14.5 Å². The van der Waals surface area contributed by atoms with Crippen molar-refractivity contribution in [1.29, 1.82) is 0 Å². The zero-order valence-electron chi connectivity index (χ0n) is 7.88. The first-order valence-electron chi connectivity index (χ1n) is 3.94. The van der Waals surface area contributed by atoms with Crippen LogP contribution in [0.3, 0.4) is 0 Å². The molecule has 4 nitrogen and oxygen atoms in total. The molecule has 0 aliphatic rings. The van der Waals surface area contributed by atoms with Crippen molar-refractivity contribution >= 4 is 34.1 Å². The van der Waals surface area contributed by atoms with Gasteiger partial charge in [0.15, 0.2) is 0 Å². The molecule has 0 unspecified atom stereocenters. The Morgan fingerprint density at radius 1 is 1.53 bits per heavy atom. The van der Waals surface area contributed by atoms with E-state index < -0.39 is 6.80 Å². The van der Waals surface area contributed by atoms with E-state index in [4.69, 9.17) is 14.5 Å². The van der Waals surface area contributed by atoms with Crippen LogP contribution < -0.4 is 4.74 Å². The van der Waals surface area contributed by atoms with E-state index in [0.29, 0.717) is 27.4 Å². The molecule has 0 atom stereocenters. The second-order valence-corrected chi connectivity index (χ2v) is 6.84. The lowest BCUT2D eigenvalue weighted by Crippen LogP contribution is -1.88. The molecular formula is C8H10BrO4PS. The molecule has 0 aliphatic carbocycles. The zero-order valence-corrected chi connectivity index (χ0v) is 11.2. The van der Waals surface area contributed by atoms with Crippen LogP contribution in [-0.4, -0.2) is 16.9 Å². The number of alkyl halides is 1. The van der Waals surface area contributed by atoms with Crippen molar-refractivity contribution in [2.45, 2.75) is 10.2 Å². The molecule has 0 saturated heterocycles. The van der Waals surface area contributed by atoms with Gasteiger partial charge in [-0.3, -0.25) is 0 Å². The van der Waals surface area contributed by atoms with Gasteiger partial charge in [0.1, 0.15) is 5.75 Å². The molecule has 1 rings (SSSR count). The quantitative estimate of drug-likeness (QED) is 0.661. The summed E-state index contributed by atoms with van der Waals surface area (Å²) in [6.45, 7) is -4.14. The molecule has 15 heavy (non-hydrogen) atoms. The molecule has 0 amide bonds. The molecule has 84 valence electrons. The summed E-state index contributed by atoms with van der Waals surface area (Å²) in [7, 11) is 1.47. The lowest BCUT2D eigenvalue weighted by Gasteiger charge is -2.09. The van der Waals surface area contributed by atoms with Crippen LogP contribution in [0.5, 0.6) is 5.75 Å². The Hall–Kier alpha value is -0.000000000000000153. The van der Waals surface area contributed by atoms with Crippen LogP contribution in [-0.2, 0) is 9.90 Å². The van der Waals surface area contributed by atoms with Crippen molar-refractivity contribution in [1.82, 2.24) is 0 Å². The summed E-state index contributed by atoms with van der Waals surface area (Å²) in [6, 6.07) is 5.21. The second-order valence-electron chi connectivity index (χ2n) is 2.70. The smallest absolute Gasteiger partial charge is 0.388 e. The van der Waals surface area contributed by atoms with Crippen molar-refractivity contribution in [2.24, 2.45) is 0 Å². The fourth-order valence-electron chi connectivity index (χ4n) is 1.00. The Morgan fingerprint density at radius 2 is 2.20 bits per heavy atom. The maximum Gasteiger partial charge on any atom is 0.388 e. The monoisotopic (exact) mass is 312 g/mol. The molecule has 7 heteroatoms. The highest BCUT2D eigenvalue weighted by molar-refractivity contribution is 9.08. The van der Waals surface area contributed by atoms with Crippen molar-refractivity contribution in [3.8, 4) is 5.75 Å². The van der Waals surface area contributed by atoms with Gasteiger partial charge in [-0.1, -0.05) is 22.0 Å². The maximum absolute atomic E-state index is 10.9. The minimum absolute atomic E-state index is 0.447. The Bertz CT molecular complexity index is 392. The predicted octanol–water partition coefficient (Wildman–Crippen LogP) is 2.77. The molecule has 0 heterocycles. The molecule has 0 aliphatic heterocycles. The van der Waals surface area contributed by atoms with Crippen molar-refractivity contribution in [3.05, 3.63) is 23.8 Å². The van der Waals surface area contributed by atoms with Crippen molar-refractivity contribution in [2.75, 3.05) is 7.11 Å². The van der Waals surface area contributed by atoms with Gasteiger partial charge in [0.25, 0.3) is 0 Å². The van der Waals surface area contributed by atoms with Crippen LogP contribution in [0.25, 0.3) is 0 Å². The fourth-order valence-corrected chi connectivity index (χ4v) is 3.25. The topological polar surface area (TPSA) is 66.8 Å². The molecule has 0 fully saturated rings. The van der Waals surface area contributed by atoms with Crippen LogP contribution in [0, 0.1) is 0 Å². The molecule has 2 N–H and O–H groups in total. The molecule has 0 spiro atoms. The predicted molar refractivity (Wildman–Crippen MR) is 63.5 cm³/mol. The number of hydrogen-bond acceptors (Lipinski definition) is 3. The summed E-state index contributed by atoms with van der Waals surface area (Å²) in [5.41, 5.74) is 0.937. The van der Waals surface area contributed by atoms with Gasteiger partial charge >= 0.3 is 6.80 Å². The SMILES string of the molecule is COc1ccc(CBr)cc1SP(=O)(O)O. The number of hydrogen-bond donors (Lipinski definition) is 2. The molecule has 0 saturated carbocycles. The van der Waals surface area contributed by atoms with Crippen LogP contribution >= 0.6 is 34.1 Å². The van der Waals surface area contributed by atoms with E-state index >= 15 is 0 Å². The van der Waals surface area contributed by atoms with E-state index in [1.54, 1.807) is 12.1 Å². The normalized spacial score (nSPS) is 11.5. The lowest BCUT2D eigenvalue weighted by atomic mass is 10.2. The van der Waals surface area contributed by atoms with Crippen LogP contribution in [0.4, 0.5) is 0 Å². The van der Waals surface area contributed by atoms with E-state index in [1.165, 1.54) is 7.11 Å². The van der Waals surface area contributed by atoms with E-state index in [-0.39, 0.29) is 0 Å². The van der Waals surface area contributed by atoms with E-state index in [1.807, 2.05) is 6.07 Å². The summed E-state index contributed by atoms with van der Waals surface area (Å²) < 4.78 is 15.9. The Labute approximate surface area is 100 Å². The summed E-state index contributed by atoms with van der Waals surface area (Å²) in [5, 5.41) is 0.631. The molecule has 1 aromatic carbocycles. The molecular weight excluding hydrogens is 303 g/mol. The largest absolute Gasteiger partial charge is 0.496 e. The highest BCUT2D eigenvalue weighted by atomic mass is 79.9. The summed E-state index contributed by atoms with van der Waals surface area (Å²) >= 11 is 3.78. The van der Waals surface area contributed by atoms with Gasteiger partial charge in [0, 0.05) is 5.33 Å². The van der Waals surface area contributed by atoms with Crippen LogP contribution in [0.2, 0.25) is 0 Å². The van der Waals surface area contributed by atoms with Crippen molar-refractivity contribution in [3.63, 3.8) is 0 Å². The molecule has 0 aromatic heterocycles. The van der Waals surface area contributed by atoms with Gasteiger partial charge in [-0.15, -0.1) is 0 Å². The number of halogens is 1. The minimum Gasteiger partial charge on any atom is -0.496 e. The number of methoxy groups -OCH3 is 1. The first-order chi connectivity index (χ1) is 6.96. The van der Waals surface area contributed by atoms with E-state index in [9.17, 15) is 4.57 Å². The summed E-state index contributed by atoms with van der Waals surface area (Å²) in [4.78, 5) is 18.2. The van der Waals surface area contributed by atoms with Gasteiger partial charge in [0.05, 0.1) is 12.0 Å². The Balaban J connectivity index is 3.06. The minimum atomic E-state index is -4.14. The molecule has 0 bridgehead atoms. The summed E-state index contributed by atoms with van der Waals surface area (Å²) in [5.74, 6) is 0.466. The molecule has 1 aromatic rings. The zero-order chi connectivity index (χ0) is 11.5. The van der Waals surface area contributed by atoms with Gasteiger partial charge in [-0.05, 0) is 29.1 Å². The summed E-state index contributed by atoms with van der Waals surface area (Å²) in [6.07, 6.45) is 0. The highest BCUT2D eigenvalue weighted by Gasteiger charge is 2.18. The fraction of sp³-hybridized carbons (Fsp3) is 0.250. The van der Waals surface area contributed by atoms with Gasteiger partial charge in [-0.25, -0.2) is 4.57 Å². The highest BCUT2D eigenvalue weighted by Crippen LogP contribution is 2.56. The third kappa shape index (κ3) is 4.17. The van der Waals surface area contributed by atoms with Crippen molar-refractivity contribution < 1.29 is 19.1 Å². The first-order valence-corrected chi connectivity index (χ1v) is 8.10. The second kappa shape index (κ2) is 5.37. The first kappa shape index (κ1) is 13.1. The standard InChI is InChI=1S/C8H10BrO4PS/c1-13-7-3-2-6(5-9)4-8(7)15-14(10,11)12/h2-4H,5H2,1H3,(H2,10,11,12). The van der Waals surface area contributed by atoms with Gasteiger partial charge in [0.2, 0.25) is 0 Å². The van der Waals surface area contributed by atoms with Crippen LogP contribution in [0.15, 0.2) is 23.1 Å². The van der Waals surface area contributed by atoms with E-state index in [0.717, 1.165) is 5.56 Å². The third-order valence-electron chi connectivity index (χ3n) is 1.60. The molecule has 0 radical (unpaired) electrons. The van der Waals surface area contributed by atoms with Gasteiger partial charge in [-0.2, -0.15) is 0 Å². The number of benzene rings is 1.